The number of carbonyl (C=O) groups is 3. The van der Waals surface area contributed by atoms with Gasteiger partial charge in [-0.2, -0.15) is 0 Å². The molecule has 1 unspecified atom stereocenters. The van der Waals surface area contributed by atoms with Crippen molar-refractivity contribution in [2.24, 2.45) is 0 Å². The number of alkyl carbamates (subject to hydrolysis) is 1. The van der Waals surface area contributed by atoms with Crippen LogP contribution >= 0.6 is 0 Å². The predicted molar refractivity (Wildman–Crippen MR) is 88.6 cm³/mol. The van der Waals surface area contributed by atoms with Crippen molar-refractivity contribution in [1.29, 1.82) is 0 Å². The molecule has 1 aliphatic rings. The summed E-state index contributed by atoms with van der Waals surface area (Å²) in [5.74, 6) is -0.604. The average Bonchev–Trinajstić information content (AvgIpc) is 3.13. The summed E-state index contributed by atoms with van der Waals surface area (Å²) in [6, 6.07) is 11.5. The Balaban J connectivity index is 1.59. The largest absolute Gasteiger partial charge is 0.467 e. The molecule has 1 saturated heterocycles. The van der Waals surface area contributed by atoms with Gasteiger partial charge in [-0.3, -0.25) is 14.5 Å². The Bertz CT molecular complexity index is 759. The Morgan fingerprint density at radius 2 is 2.00 bits per heavy atom. The highest BCUT2D eigenvalue weighted by Gasteiger charge is 2.34. The first-order valence-corrected chi connectivity index (χ1v) is 8.05. The third-order valence-corrected chi connectivity index (χ3v) is 3.77. The van der Waals surface area contributed by atoms with Crippen molar-refractivity contribution in [1.82, 2.24) is 10.2 Å². The average molecular weight is 358 g/mol. The minimum Gasteiger partial charge on any atom is -0.467 e. The smallest absolute Gasteiger partial charge is 0.408 e. The van der Waals surface area contributed by atoms with Crippen LogP contribution in [0.3, 0.4) is 0 Å². The molecule has 0 radical (unpaired) electrons. The van der Waals surface area contributed by atoms with Crippen molar-refractivity contribution in [3.05, 3.63) is 60.1 Å². The number of ether oxygens (including phenoxy) is 2. The number of nitrogens with zero attached hydrogens (tertiary/aromatic N) is 1. The fraction of sp³-hybridized carbons (Fsp3) is 0.278. The first-order valence-electron chi connectivity index (χ1n) is 8.05. The van der Waals surface area contributed by atoms with Crippen molar-refractivity contribution >= 4 is 17.9 Å². The van der Waals surface area contributed by atoms with Gasteiger partial charge >= 0.3 is 6.09 Å². The van der Waals surface area contributed by atoms with E-state index < -0.39 is 23.9 Å². The molecule has 1 aromatic carbocycles. The van der Waals surface area contributed by atoms with Crippen molar-refractivity contribution in [3.8, 4) is 0 Å². The monoisotopic (exact) mass is 358 g/mol. The quantitative estimate of drug-likeness (QED) is 0.813. The maximum absolute atomic E-state index is 12.6. The van der Waals surface area contributed by atoms with Crippen molar-refractivity contribution in [2.45, 2.75) is 19.2 Å². The molecule has 8 nitrogen and oxygen atoms in total. The zero-order chi connectivity index (χ0) is 18.4. The molecular weight excluding hydrogens is 340 g/mol. The van der Waals surface area contributed by atoms with Crippen molar-refractivity contribution in [3.63, 3.8) is 0 Å². The van der Waals surface area contributed by atoms with Crippen LogP contribution in [0, 0.1) is 0 Å². The summed E-state index contributed by atoms with van der Waals surface area (Å²) in [5, 5.41) is 2.45. The van der Waals surface area contributed by atoms with Gasteiger partial charge in [0.2, 0.25) is 0 Å². The van der Waals surface area contributed by atoms with Gasteiger partial charge in [0.25, 0.3) is 11.8 Å². The standard InChI is InChI=1S/C18H18N2O6/c21-16-12-24-11-15(17(22)20(16)9-14-7-4-8-25-14)19-18(23)26-10-13-5-2-1-3-6-13/h1-8,15H,9-12H2,(H,19,23). The maximum Gasteiger partial charge on any atom is 0.408 e. The van der Waals surface area contributed by atoms with Gasteiger partial charge in [0.1, 0.15) is 25.0 Å². The molecule has 3 amide bonds. The zero-order valence-corrected chi connectivity index (χ0v) is 13.9. The van der Waals surface area contributed by atoms with E-state index in [-0.39, 0.29) is 26.4 Å². The second kappa shape index (κ2) is 8.30. The van der Waals surface area contributed by atoms with Crippen LogP contribution in [-0.2, 0) is 32.2 Å². The number of carbonyl (C=O) groups excluding carboxylic acids is 3. The number of amides is 3. The van der Waals surface area contributed by atoms with E-state index in [0.29, 0.717) is 5.76 Å². The second-order valence-electron chi connectivity index (χ2n) is 5.67. The van der Waals surface area contributed by atoms with Crippen LogP contribution in [0.1, 0.15) is 11.3 Å². The van der Waals surface area contributed by atoms with E-state index in [1.165, 1.54) is 6.26 Å². The van der Waals surface area contributed by atoms with Crippen molar-refractivity contribution < 1.29 is 28.3 Å². The third kappa shape index (κ3) is 4.48. The molecule has 2 heterocycles. The molecule has 26 heavy (non-hydrogen) atoms. The SMILES string of the molecule is O=C(NC1COCC(=O)N(Cc2ccco2)C1=O)OCc1ccccc1. The lowest BCUT2D eigenvalue weighted by Crippen LogP contribution is -2.50. The Kier molecular flexibility index (Phi) is 5.65. The van der Waals surface area contributed by atoms with Crippen LogP contribution in [-0.4, -0.2) is 42.1 Å². The lowest BCUT2D eigenvalue weighted by Gasteiger charge is -2.21. The highest BCUT2D eigenvalue weighted by molar-refractivity contribution is 6.00. The van der Waals surface area contributed by atoms with Gasteiger partial charge in [-0.15, -0.1) is 0 Å². The van der Waals surface area contributed by atoms with Crippen LogP contribution in [0.5, 0.6) is 0 Å². The molecule has 2 aromatic rings. The minimum absolute atomic E-state index is 0.0225. The zero-order valence-electron chi connectivity index (χ0n) is 13.9. The third-order valence-electron chi connectivity index (χ3n) is 3.77. The molecule has 1 fully saturated rings. The molecule has 1 atom stereocenters. The Hall–Kier alpha value is -3.13. The van der Waals surface area contributed by atoms with Crippen LogP contribution in [0.2, 0.25) is 0 Å². The summed E-state index contributed by atoms with van der Waals surface area (Å²) < 4.78 is 15.5. The molecule has 1 N–H and O–H groups in total. The fourth-order valence-electron chi connectivity index (χ4n) is 2.46. The van der Waals surface area contributed by atoms with Gasteiger partial charge < -0.3 is 19.2 Å². The van der Waals surface area contributed by atoms with Crippen LogP contribution in [0.15, 0.2) is 53.1 Å². The molecular formula is C18H18N2O6. The van der Waals surface area contributed by atoms with E-state index in [9.17, 15) is 14.4 Å². The summed E-state index contributed by atoms with van der Waals surface area (Å²) in [7, 11) is 0. The first kappa shape index (κ1) is 17.7. The van der Waals surface area contributed by atoms with E-state index >= 15 is 0 Å². The molecule has 3 rings (SSSR count). The highest BCUT2D eigenvalue weighted by Crippen LogP contribution is 2.11. The lowest BCUT2D eigenvalue weighted by atomic mass is 10.2. The molecule has 1 aromatic heterocycles. The van der Waals surface area contributed by atoms with Crippen LogP contribution < -0.4 is 5.32 Å². The summed E-state index contributed by atoms with van der Waals surface area (Å²) in [5.41, 5.74) is 0.820. The molecule has 0 bridgehead atoms. The van der Waals surface area contributed by atoms with Gasteiger partial charge in [0.05, 0.1) is 19.4 Å². The number of furan rings is 1. The summed E-state index contributed by atoms with van der Waals surface area (Å²) >= 11 is 0. The Morgan fingerprint density at radius 1 is 1.19 bits per heavy atom. The molecule has 0 spiro atoms. The van der Waals surface area contributed by atoms with Crippen LogP contribution in [0.25, 0.3) is 0 Å². The van der Waals surface area contributed by atoms with E-state index in [4.69, 9.17) is 13.9 Å². The Morgan fingerprint density at radius 3 is 2.73 bits per heavy atom. The summed E-state index contributed by atoms with van der Waals surface area (Å²) in [4.78, 5) is 37.7. The first-order chi connectivity index (χ1) is 12.6. The van der Waals surface area contributed by atoms with E-state index in [0.717, 1.165) is 10.5 Å². The Labute approximate surface area is 149 Å². The molecule has 136 valence electrons. The number of imide groups is 1. The second-order valence-corrected chi connectivity index (χ2v) is 5.67. The summed E-state index contributed by atoms with van der Waals surface area (Å²) in [6.45, 7) is -0.307. The number of hydrogen-bond donors (Lipinski definition) is 1. The molecule has 1 aliphatic heterocycles. The van der Waals surface area contributed by atoms with E-state index in [2.05, 4.69) is 5.32 Å². The normalized spacial score (nSPS) is 17.7. The van der Waals surface area contributed by atoms with Crippen LogP contribution in [0.4, 0.5) is 4.79 Å². The summed E-state index contributed by atoms with van der Waals surface area (Å²) in [6.07, 6.45) is 0.693. The molecule has 8 heteroatoms. The minimum atomic E-state index is -1.01. The van der Waals surface area contributed by atoms with Gasteiger partial charge in [0.15, 0.2) is 0 Å². The predicted octanol–water partition coefficient (Wildman–Crippen LogP) is 1.46. The number of hydrogen-bond acceptors (Lipinski definition) is 6. The fourth-order valence-corrected chi connectivity index (χ4v) is 2.46. The number of rotatable bonds is 5. The molecule has 0 aliphatic carbocycles. The van der Waals surface area contributed by atoms with Gasteiger partial charge in [-0.05, 0) is 17.7 Å². The van der Waals surface area contributed by atoms with E-state index in [1.54, 1.807) is 12.1 Å². The van der Waals surface area contributed by atoms with Gasteiger partial charge in [-0.25, -0.2) is 4.79 Å². The van der Waals surface area contributed by atoms with Gasteiger partial charge in [-0.1, -0.05) is 30.3 Å². The lowest BCUT2D eigenvalue weighted by molar-refractivity contribution is -0.146. The number of nitrogens with one attached hydrogen (secondary N) is 1. The van der Waals surface area contributed by atoms with E-state index in [1.807, 2.05) is 30.3 Å². The highest BCUT2D eigenvalue weighted by atomic mass is 16.5. The topological polar surface area (TPSA) is 98.1 Å². The van der Waals surface area contributed by atoms with Gasteiger partial charge in [0, 0.05) is 0 Å². The molecule has 0 saturated carbocycles. The van der Waals surface area contributed by atoms with Crippen molar-refractivity contribution in [2.75, 3.05) is 13.2 Å². The number of benzene rings is 1. The maximum atomic E-state index is 12.6.